The third kappa shape index (κ3) is 4.46. The lowest BCUT2D eigenvalue weighted by molar-refractivity contribution is -0.119. The summed E-state index contributed by atoms with van der Waals surface area (Å²) in [5.74, 6) is 1.94. The Balaban J connectivity index is 1.61. The van der Waals surface area contributed by atoms with E-state index in [2.05, 4.69) is 10.3 Å². The minimum Gasteiger partial charge on any atom is -0.468 e. The molecule has 1 amide bonds. The Morgan fingerprint density at radius 2 is 2.13 bits per heavy atom. The number of hydrogen-bond acceptors (Lipinski definition) is 5. The molecule has 1 N–H and O–H groups in total. The highest BCUT2D eigenvalue weighted by Crippen LogP contribution is 2.24. The van der Waals surface area contributed by atoms with Crippen LogP contribution in [0.1, 0.15) is 22.4 Å². The van der Waals surface area contributed by atoms with E-state index in [9.17, 15) is 4.79 Å². The van der Waals surface area contributed by atoms with Crippen molar-refractivity contribution in [2.24, 2.45) is 0 Å². The highest BCUT2D eigenvalue weighted by Gasteiger charge is 2.18. The van der Waals surface area contributed by atoms with E-state index in [1.165, 1.54) is 11.8 Å². The van der Waals surface area contributed by atoms with Crippen LogP contribution in [0.5, 0.6) is 0 Å². The predicted octanol–water partition coefficient (Wildman–Crippen LogP) is 3.88. The van der Waals surface area contributed by atoms with Crippen molar-refractivity contribution < 1.29 is 9.21 Å². The van der Waals surface area contributed by atoms with E-state index >= 15 is 0 Å². The van der Waals surface area contributed by atoms with Crippen molar-refractivity contribution in [1.29, 1.82) is 0 Å². The maximum Gasteiger partial charge on any atom is 0.230 e. The molecule has 0 bridgehead atoms. The summed E-state index contributed by atoms with van der Waals surface area (Å²) in [7, 11) is 0. The van der Waals surface area contributed by atoms with Crippen LogP contribution in [0.15, 0.2) is 64.7 Å². The molecule has 0 saturated carbocycles. The molecule has 0 spiro atoms. The third-order valence-electron chi connectivity index (χ3n) is 3.19. The van der Waals surface area contributed by atoms with Gasteiger partial charge < -0.3 is 9.73 Å². The number of benzene rings is 1. The summed E-state index contributed by atoms with van der Waals surface area (Å²) in [6.45, 7) is 0. The van der Waals surface area contributed by atoms with Gasteiger partial charge in [0.2, 0.25) is 5.91 Å². The van der Waals surface area contributed by atoms with Crippen molar-refractivity contribution in [2.75, 3.05) is 5.75 Å². The highest BCUT2D eigenvalue weighted by atomic mass is 32.2. The Labute approximate surface area is 142 Å². The molecular formula is C17H16N2O2S2. The Kier molecular flexibility index (Phi) is 5.50. The van der Waals surface area contributed by atoms with Crippen LogP contribution in [0.4, 0.5) is 0 Å². The van der Waals surface area contributed by atoms with Gasteiger partial charge in [0.05, 0.1) is 17.8 Å². The number of carbonyl (C=O) groups is 1. The average Bonchev–Trinajstić information content (AvgIpc) is 3.27. The number of carbonyl (C=O) groups excluding carboxylic acids is 1. The van der Waals surface area contributed by atoms with Gasteiger partial charge in [-0.1, -0.05) is 30.3 Å². The molecule has 0 aliphatic rings. The lowest BCUT2D eigenvalue weighted by Crippen LogP contribution is -2.30. The summed E-state index contributed by atoms with van der Waals surface area (Å²) in [5, 5.41) is 5.88. The van der Waals surface area contributed by atoms with Gasteiger partial charge in [0.15, 0.2) is 0 Å². The van der Waals surface area contributed by atoms with E-state index in [0.717, 1.165) is 16.3 Å². The zero-order valence-electron chi connectivity index (χ0n) is 12.3. The third-order valence-corrected chi connectivity index (χ3v) is 4.99. The molecule has 1 aromatic carbocycles. The van der Waals surface area contributed by atoms with Crippen LogP contribution in [0.3, 0.4) is 0 Å². The van der Waals surface area contributed by atoms with Crippen LogP contribution in [0.25, 0.3) is 0 Å². The monoisotopic (exact) mass is 344 g/mol. The van der Waals surface area contributed by atoms with E-state index in [4.69, 9.17) is 4.42 Å². The first kappa shape index (κ1) is 15.8. The van der Waals surface area contributed by atoms with Gasteiger partial charge in [0.25, 0.3) is 0 Å². The molecule has 0 radical (unpaired) electrons. The van der Waals surface area contributed by atoms with Gasteiger partial charge in [-0.3, -0.25) is 4.79 Å². The molecule has 6 heteroatoms. The van der Waals surface area contributed by atoms with Gasteiger partial charge >= 0.3 is 0 Å². The predicted molar refractivity (Wildman–Crippen MR) is 93.4 cm³/mol. The molecular weight excluding hydrogens is 328 g/mol. The Bertz CT molecular complexity index is 712. The standard InChI is InChI=1S/C17H16N2O2S2/c20-15(12-22-11-14-7-4-9-21-14)19-16(17-18-8-10-23-17)13-5-2-1-3-6-13/h1-10,16H,11-12H2,(H,19,20). The lowest BCUT2D eigenvalue weighted by Gasteiger charge is -2.17. The van der Waals surface area contributed by atoms with Crippen LogP contribution >= 0.6 is 23.1 Å². The second kappa shape index (κ2) is 7.99. The summed E-state index contributed by atoms with van der Waals surface area (Å²) >= 11 is 3.07. The molecule has 0 saturated heterocycles. The molecule has 1 unspecified atom stereocenters. The Morgan fingerprint density at radius 3 is 2.83 bits per heavy atom. The second-order valence-electron chi connectivity index (χ2n) is 4.85. The Morgan fingerprint density at radius 1 is 1.26 bits per heavy atom. The van der Waals surface area contributed by atoms with Gasteiger partial charge in [-0.15, -0.1) is 23.1 Å². The molecule has 0 aliphatic heterocycles. The van der Waals surface area contributed by atoms with Crippen molar-refractivity contribution in [3.63, 3.8) is 0 Å². The van der Waals surface area contributed by atoms with Crippen molar-refractivity contribution in [1.82, 2.24) is 10.3 Å². The first-order valence-corrected chi connectivity index (χ1v) is 9.20. The number of thioether (sulfide) groups is 1. The summed E-state index contributed by atoms with van der Waals surface area (Å²) in [4.78, 5) is 16.6. The van der Waals surface area contributed by atoms with Gasteiger partial charge in [0.1, 0.15) is 16.8 Å². The molecule has 2 aromatic heterocycles. The van der Waals surface area contributed by atoms with Gasteiger partial charge in [0, 0.05) is 11.6 Å². The minimum atomic E-state index is -0.201. The highest BCUT2D eigenvalue weighted by molar-refractivity contribution is 7.99. The number of rotatable bonds is 7. The van der Waals surface area contributed by atoms with E-state index in [1.54, 1.807) is 23.8 Å². The van der Waals surface area contributed by atoms with Crippen LogP contribution in [0.2, 0.25) is 0 Å². The Hall–Kier alpha value is -2.05. The number of nitrogens with zero attached hydrogens (tertiary/aromatic N) is 1. The zero-order valence-corrected chi connectivity index (χ0v) is 14.0. The van der Waals surface area contributed by atoms with Gasteiger partial charge in [-0.05, 0) is 17.7 Å². The maximum atomic E-state index is 12.3. The van der Waals surface area contributed by atoms with E-state index in [1.807, 2.05) is 47.8 Å². The van der Waals surface area contributed by atoms with Gasteiger partial charge in [-0.2, -0.15) is 0 Å². The second-order valence-corrected chi connectivity index (χ2v) is 6.77. The van der Waals surface area contributed by atoms with E-state index in [0.29, 0.717) is 11.5 Å². The molecule has 23 heavy (non-hydrogen) atoms. The van der Waals surface area contributed by atoms with Gasteiger partial charge in [-0.25, -0.2) is 4.98 Å². The zero-order chi connectivity index (χ0) is 15.9. The van der Waals surface area contributed by atoms with Crippen LogP contribution in [-0.2, 0) is 10.5 Å². The van der Waals surface area contributed by atoms with Crippen LogP contribution in [0, 0.1) is 0 Å². The quantitative estimate of drug-likeness (QED) is 0.707. The summed E-state index contributed by atoms with van der Waals surface area (Å²) < 4.78 is 5.26. The number of amides is 1. The first-order valence-electron chi connectivity index (χ1n) is 7.17. The number of thiazole rings is 1. The van der Waals surface area contributed by atoms with Crippen LogP contribution in [-0.4, -0.2) is 16.6 Å². The molecule has 0 fully saturated rings. The topological polar surface area (TPSA) is 55.1 Å². The fourth-order valence-electron chi connectivity index (χ4n) is 2.15. The number of hydrogen-bond donors (Lipinski definition) is 1. The fourth-order valence-corrected chi connectivity index (χ4v) is 3.60. The molecule has 1 atom stereocenters. The van der Waals surface area contributed by atoms with Crippen LogP contribution < -0.4 is 5.32 Å². The number of aromatic nitrogens is 1. The van der Waals surface area contributed by atoms with Crippen molar-refractivity contribution in [3.05, 3.63) is 76.6 Å². The number of furan rings is 1. The molecule has 2 heterocycles. The summed E-state index contributed by atoms with van der Waals surface area (Å²) in [5.41, 5.74) is 1.03. The summed E-state index contributed by atoms with van der Waals surface area (Å²) in [6.07, 6.45) is 3.40. The van der Waals surface area contributed by atoms with Crippen molar-refractivity contribution in [2.45, 2.75) is 11.8 Å². The molecule has 4 nitrogen and oxygen atoms in total. The largest absolute Gasteiger partial charge is 0.468 e. The molecule has 3 rings (SSSR count). The molecule has 3 aromatic rings. The first-order chi connectivity index (χ1) is 11.3. The summed E-state index contributed by atoms with van der Waals surface area (Å²) in [6, 6.07) is 13.5. The SMILES string of the molecule is O=C(CSCc1ccco1)NC(c1ccccc1)c1nccs1. The van der Waals surface area contributed by atoms with E-state index in [-0.39, 0.29) is 11.9 Å². The van der Waals surface area contributed by atoms with Crippen molar-refractivity contribution >= 4 is 29.0 Å². The smallest absolute Gasteiger partial charge is 0.230 e. The fraction of sp³-hybridized carbons (Fsp3) is 0.176. The molecule has 0 aliphatic carbocycles. The molecule has 118 valence electrons. The maximum absolute atomic E-state index is 12.3. The average molecular weight is 344 g/mol. The minimum absolute atomic E-state index is 0.00870. The lowest BCUT2D eigenvalue weighted by atomic mass is 10.1. The van der Waals surface area contributed by atoms with Crippen molar-refractivity contribution in [3.8, 4) is 0 Å². The normalized spacial score (nSPS) is 12.0. The number of nitrogens with one attached hydrogen (secondary N) is 1. The van der Waals surface area contributed by atoms with E-state index < -0.39 is 0 Å².